The zero-order valence-electron chi connectivity index (χ0n) is 13.3. The highest BCUT2D eigenvalue weighted by molar-refractivity contribution is 5.69. The predicted octanol–water partition coefficient (Wildman–Crippen LogP) is 3.09. The molecule has 0 aromatic carbocycles. The van der Waals surface area contributed by atoms with Gasteiger partial charge in [-0.2, -0.15) is 0 Å². The van der Waals surface area contributed by atoms with Crippen molar-refractivity contribution in [1.29, 1.82) is 0 Å². The van der Waals surface area contributed by atoms with Crippen molar-refractivity contribution in [2.45, 2.75) is 83.3 Å². The van der Waals surface area contributed by atoms with E-state index in [0.29, 0.717) is 19.3 Å². The van der Waals surface area contributed by atoms with E-state index < -0.39 is 12.0 Å². The smallest absolute Gasteiger partial charge is 0.305 e. The standard InChI is InChI=1S/C15H29NO5/c1-3-4-5-9-14(17)10-7-6-8-13(16(19)20)11-12-15(18)21-2/h13-14,17H,3-12H2,1-2H3. The topological polar surface area (TPSA) is 89.7 Å². The number of rotatable bonds is 13. The molecule has 1 N–H and O–H groups in total. The number of carbonyl (C=O) groups excluding carboxylic acids is 1. The van der Waals surface area contributed by atoms with Gasteiger partial charge in [0.15, 0.2) is 0 Å². The molecule has 0 aliphatic carbocycles. The number of nitro groups is 1. The molecule has 6 nitrogen and oxygen atoms in total. The maximum atomic E-state index is 11.0. The lowest BCUT2D eigenvalue weighted by Crippen LogP contribution is -2.21. The minimum atomic E-state index is -0.693. The van der Waals surface area contributed by atoms with Gasteiger partial charge in [-0.15, -0.1) is 0 Å². The molecule has 0 heterocycles. The average molecular weight is 303 g/mol. The minimum absolute atomic E-state index is 0.0851. The van der Waals surface area contributed by atoms with E-state index in [-0.39, 0.29) is 23.9 Å². The highest BCUT2D eigenvalue weighted by atomic mass is 16.6. The monoisotopic (exact) mass is 303 g/mol. The molecule has 0 spiro atoms. The molecule has 0 aromatic heterocycles. The zero-order chi connectivity index (χ0) is 16.1. The number of unbranched alkanes of at least 4 members (excludes halogenated alkanes) is 3. The summed E-state index contributed by atoms with van der Waals surface area (Å²) in [4.78, 5) is 21.6. The first-order valence-electron chi connectivity index (χ1n) is 7.89. The summed E-state index contributed by atoms with van der Waals surface area (Å²) < 4.78 is 4.49. The highest BCUT2D eigenvalue weighted by Crippen LogP contribution is 2.15. The molecule has 6 heteroatoms. The van der Waals surface area contributed by atoms with Gasteiger partial charge in [-0.25, -0.2) is 0 Å². The molecule has 21 heavy (non-hydrogen) atoms. The largest absolute Gasteiger partial charge is 0.469 e. The number of aliphatic hydroxyl groups is 1. The Morgan fingerprint density at radius 3 is 2.24 bits per heavy atom. The second kappa shape index (κ2) is 12.6. The molecule has 0 saturated heterocycles. The third kappa shape index (κ3) is 11.2. The van der Waals surface area contributed by atoms with Gasteiger partial charge in [0, 0.05) is 17.8 Å². The zero-order valence-corrected chi connectivity index (χ0v) is 13.3. The lowest BCUT2D eigenvalue weighted by Gasteiger charge is -2.11. The van der Waals surface area contributed by atoms with Gasteiger partial charge in [-0.05, 0) is 19.3 Å². The van der Waals surface area contributed by atoms with E-state index >= 15 is 0 Å². The van der Waals surface area contributed by atoms with E-state index in [1.165, 1.54) is 7.11 Å². The number of hydrogen-bond donors (Lipinski definition) is 1. The normalized spacial score (nSPS) is 13.7. The maximum absolute atomic E-state index is 11.0. The van der Waals surface area contributed by atoms with E-state index in [4.69, 9.17) is 0 Å². The van der Waals surface area contributed by atoms with Crippen molar-refractivity contribution in [2.24, 2.45) is 0 Å². The lowest BCUT2D eigenvalue weighted by atomic mass is 10.0. The van der Waals surface area contributed by atoms with Crippen molar-refractivity contribution in [3.8, 4) is 0 Å². The van der Waals surface area contributed by atoms with Crippen LogP contribution in [0.15, 0.2) is 0 Å². The highest BCUT2D eigenvalue weighted by Gasteiger charge is 2.21. The van der Waals surface area contributed by atoms with Crippen LogP contribution in [0.2, 0.25) is 0 Å². The second-order valence-electron chi connectivity index (χ2n) is 5.49. The van der Waals surface area contributed by atoms with E-state index in [1.807, 2.05) is 0 Å². The number of methoxy groups -OCH3 is 1. The quantitative estimate of drug-likeness (QED) is 0.244. The van der Waals surface area contributed by atoms with E-state index in [2.05, 4.69) is 11.7 Å². The van der Waals surface area contributed by atoms with Crippen LogP contribution in [-0.2, 0) is 9.53 Å². The minimum Gasteiger partial charge on any atom is -0.469 e. The molecule has 0 aliphatic rings. The van der Waals surface area contributed by atoms with Crippen LogP contribution in [0.25, 0.3) is 0 Å². The molecule has 0 aromatic rings. The average Bonchev–Trinajstić information content (AvgIpc) is 2.45. The number of nitrogens with zero attached hydrogens (tertiary/aromatic N) is 1. The second-order valence-corrected chi connectivity index (χ2v) is 5.49. The SMILES string of the molecule is CCCCCC(O)CCCCC(CCC(=O)OC)[N+](=O)[O-]. The summed E-state index contributed by atoms with van der Waals surface area (Å²) in [7, 11) is 1.28. The predicted molar refractivity (Wildman–Crippen MR) is 80.6 cm³/mol. The Hall–Kier alpha value is -1.17. The number of hydrogen-bond acceptors (Lipinski definition) is 5. The van der Waals surface area contributed by atoms with E-state index in [9.17, 15) is 20.0 Å². The fourth-order valence-electron chi connectivity index (χ4n) is 2.28. The van der Waals surface area contributed by atoms with Gasteiger partial charge < -0.3 is 9.84 Å². The summed E-state index contributed by atoms with van der Waals surface area (Å²) in [5.41, 5.74) is 0. The van der Waals surface area contributed by atoms with Crippen LogP contribution in [0.4, 0.5) is 0 Å². The Labute approximate surface area is 127 Å². The van der Waals surface area contributed by atoms with Gasteiger partial charge in [0.25, 0.3) is 0 Å². The van der Waals surface area contributed by atoms with Gasteiger partial charge >= 0.3 is 5.97 Å². The molecule has 0 fully saturated rings. The van der Waals surface area contributed by atoms with E-state index in [1.54, 1.807) is 0 Å². The fraction of sp³-hybridized carbons (Fsp3) is 0.933. The molecule has 0 amide bonds. The number of aliphatic hydroxyl groups excluding tert-OH is 1. The van der Waals surface area contributed by atoms with Crippen molar-refractivity contribution < 1.29 is 19.6 Å². The summed E-state index contributed by atoms with van der Waals surface area (Å²) in [6.07, 6.45) is 6.78. The molecule has 0 aliphatic heterocycles. The summed E-state index contributed by atoms with van der Waals surface area (Å²) in [5, 5.41) is 20.7. The number of ether oxygens (including phenoxy) is 1. The summed E-state index contributed by atoms with van der Waals surface area (Å²) in [5.74, 6) is -0.409. The van der Waals surface area contributed by atoms with Gasteiger partial charge in [-0.3, -0.25) is 14.9 Å². The van der Waals surface area contributed by atoms with Crippen LogP contribution in [0, 0.1) is 10.1 Å². The van der Waals surface area contributed by atoms with Crippen LogP contribution < -0.4 is 0 Å². The first-order chi connectivity index (χ1) is 10.0. The Morgan fingerprint density at radius 2 is 1.71 bits per heavy atom. The third-order valence-corrected chi connectivity index (χ3v) is 3.67. The van der Waals surface area contributed by atoms with Crippen molar-refractivity contribution >= 4 is 5.97 Å². The molecule has 0 saturated carbocycles. The van der Waals surface area contributed by atoms with Gasteiger partial charge in [-0.1, -0.05) is 32.6 Å². The van der Waals surface area contributed by atoms with Crippen molar-refractivity contribution in [3.63, 3.8) is 0 Å². The lowest BCUT2D eigenvalue weighted by molar-refractivity contribution is -0.524. The van der Waals surface area contributed by atoms with Crippen LogP contribution >= 0.6 is 0 Å². The van der Waals surface area contributed by atoms with Crippen molar-refractivity contribution in [3.05, 3.63) is 10.1 Å². The van der Waals surface area contributed by atoms with Crippen LogP contribution in [-0.4, -0.2) is 35.3 Å². The maximum Gasteiger partial charge on any atom is 0.305 e. The first-order valence-corrected chi connectivity index (χ1v) is 7.89. The number of carbonyl (C=O) groups is 1. The molecular weight excluding hydrogens is 274 g/mol. The van der Waals surface area contributed by atoms with Crippen LogP contribution in [0.3, 0.4) is 0 Å². The summed E-state index contributed by atoms with van der Waals surface area (Å²) in [6.45, 7) is 2.12. The molecule has 2 unspecified atom stereocenters. The molecule has 0 bridgehead atoms. The molecule has 124 valence electrons. The van der Waals surface area contributed by atoms with Crippen molar-refractivity contribution in [1.82, 2.24) is 0 Å². The first kappa shape index (κ1) is 19.8. The molecule has 0 radical (unpaired) electrons. The van der Waals surface area contributed by atoms with Crippen LogP contribution in [0.5, 0.6) is 0 Å². The number of esters is 1. The van der Waals surface area contributed by atoms with E-state index in [0.717, 1.165) is 32.1 Å². The van der Waals surface area contributed by atoms with Gasteiger partial charge in [0.2, 0.25) is 6.04 Å². The molecule has 0 rings (SSSR count). The third-order valence-electron chi connectivity index (χ3n) is 3.67. The van der Waals surface area contributed by atoms with Crippen molar-refractivity contribution in [2.75, 3.05) is 7.11 Å². The molecular formula is C15H29NO5. The Morgan fingerprint density at radius 1 is 1.14 bits per heavy atom. The summed E-state index contributed by atoms with van der Waals surface area (Å²) in [6, 6.07) is -0.693. The Balaban J connectivity index is 3.78. The fourth-order valence-corrected chi connectivity index (χ4v) is 2.28. The van der Waals surface area contributed by atoms with Crippen LogP contribution in [0.1, 0.15) is 71.1 Å². The summed E-state index contributed by atoms with van der Waals surface area (Å²) >= 11 is 0. The van der Waals surface area contributed by atoms with Gasteiger partial charge in [0.1, 0.15) is 0 Å². The van der Waals surface area contributed by atoms with Gasteiger partial charge in [0.05, 0.1) is 19.6 Å². The molecule has 2 atom stereocenters. The Kier molecular flexibility index (Phi) is 11.9. The Bertz CT molecular complexity index is 296.